The predicted octanol–water partition coefficient (Wildman–Crippen LogP) is 1.54. The number of nitrogens with zero attached hydrogens (tertiary/aromatic N) is 1. The van der Waals surface area contributed by atoms with E-state index in [-0.39, 0.29) is 0 Å². The second kappa shape index (κ2) is 3.96. The summed E-state index contributed by atoms with van der Waals surface area (Å²) >= 11 is 0. The van der Waals surface area contributed by atoms with Gasteiger partial charge in [0, 0.05) is 12.4 Å². The number of aromatic amines is 1. The standard InChI is InChI=1S/C13H8N2O3/c16-12-10-2-1-9(8-3-5-14-6-4-8)7-11(10)15-13(17)18-12/h1-7H,(H,15,17). The fourth-order valence-electron chi connectivity index (χ4n) is 1.82. The Balaban J connectivity index is 2.29. The lowest BCUT2D eigenvalue weighted by Crippen LogP contribution is -2.14. The van der Waals surface area contributed by atoms with Gasteiger partial charge in [-0.25, -0.2) is 9.59 Å². The molecule has 0 fully saturated rings. The average molecular weight is 240 g/mol. The zero-order valence-electron chi connectivity index (χ0n) is 9.21. The fraction of sp³-hybridized carbons (Fsp3) is 0. The molecule has 2 heterocycles. The van der Waals surface area contributed by atoms with Gasteiger partial charge in [0.25, 0.3) is 0 Å². The fourth-order valence-corrected chi connectivity index (χ4v) is 1.82. The highest BCUT2D eigenvalue weighted by Crippen LogP contribution is 2.20. The number of benzene rings is 1. The highest BCUT2D eigenvalue weighted by atomic mass is 16.4. The van der Waals surface area contributed by atoms with Crippen molar-refractivity contribution in [2.45, 2.75) is 0 Å². The third-order valence-corrected chi connectivity index (χ3v) is 2.68. The summed E-state index contributed by atoms with van der Waals surface area (Å²) in [6.45, 7) is 0. The molecule has 1 N–H and O–H groups in total. The first-order valence-corrected chi connectivity index (χ1v) is 5.31. The summed E-state index contributed by atoms with van der Waals surface area (Å²) in [5, 5.41) is 0.354. The molecule has 0 radical (unpaired) electrons. The van der Waals surface area contributed by atoms with Crippen LogP contribution in [0.25, 0.3) is 22.0 Å². The Morgan fingerprint density at radius 1 is 1.00 bits per heavy atom. The van der Waals surface area contributed by atoms with Gasteiger partial charge in [0.05, 0.1) is 10.9 Å². The Morgan fingerprint density at radius 2 is 1.78 bits per heavy atom. The van der Waals surface area contributed by atoms with Gasteiger partial charge in [0.15, 0.2) is 0 Å². The summed E-state index contributed by atoms with van der Waals surface area (Å²) in [6.07, 6.45) is 3.36. The van der Waals surface area contributed by atoms with E-state index in [2.05, 4.69) is 14.4 Å². The van der Waals surface area contributed by atoms with Crippen molar-refractivity contribution in [1.82, 2.24) is 9.97 Å². The smallest absolute Gasteiger partial charge is 0.372 e. The summed E-state index contributed by atoms with van der Waals surface area (Å²) in [7, 11) is 0. The summed E-state index contributed by atoms with van der Waals surface area (Å²) in [5.74, 6) is -0.751. The number of pyridine rings is 1. The molecule has 5 heteroatoms. The number of rotatable bonds is 1. The van der Waals surface area contributed by atoms with Crippen molar-refractivity contribution in [3.05, 3.63) is 63.7 Å². The average Bonchev–Trinajstić information content (AvgIpc) is 2.39. The Labute approximate surface area is 101 Å². The van der Waals surface area contributed by atoms with Crippen LogP contribution in [-0.2, 0) is 0 Å². The first-order valence-electron chi connectivity index (χ1n) is 5.31. The molecular weight excluding hydrogens is 232 g/mol. The first kappa shape index (κ1) is 10.5. The zero-order chi connectivity index (χ0) is 12.5. The second-order valence-electron chi connectivity index (χ2n) is 3.80. The highest BCUT2D eigenvalue weighted by molar-refractivity contribution is 5.82. The van der Waals surface area contributed by atoms with Gasteiger partial charge in [-0.3, -0.25) is 9.97 Å². The monoisotopic (exact) mass is 240 g/mol. The van der Waals surface area contributed by atoms with Crippen LogP contribution in [0.15, 0.2) is 56.7 Å². The molecule has 0 unspecified atom stereocenters. The van der Waals surface area contributed by atoms with Crippen LogP contribution in [0.2, 0.25) is 0 Å². The summed E-state index contributed by atoms with van der Waals surface area (Å²) in [6, 6.07) is 8.87. The lowest BCUT2D eigenvalue weighted by Gasteiger charge is -2.02. The van der Waals surface area contributed by atoms with Crippen LogP contribution < -0.4 is 11.4 Å². The maximum atomic E-state index is 11.5. The van der Waals surface area contributed by atoms with Gasteiger partial charge in [-0.15, -0.1) is 0 Å². The minimum absolute atomic E-state index is 0.354. The largest absolute Gasteiger partial charge is 0.419 e. The van der Waals surface area contributed by atoms with Crippen LogP contribution in [-0.4, -0.2) is 9.97 Å². The maximum absolute atomic E-state index is 11.5. The van der Waals surface area contributed by atoms with E-state index >= 15 is 0 Å². The van der Waals surface area contributed by atoms with Gasteiger partial charge in [0.2, 0.25) is 0 Å². The minimum Gasteiger partial charge on any atom is -0.372 e. The molecule has 0 saturated carbocycles. The number of nitrogens with one attached hydrogen (secondary N) is 1. The summed E-state index contributed by atoms with van der Waals surface area (Å²) < 4.78 is 4.46. The third-order valence-electron chi connectivity index (χ3n) is 2.68. The molecule has 5 nitrogen and oxygen atoms in total. The third kappa shape index (κ3) is 1.71. The molecule has 18 heavy (non-hydrogen) atoms. The molecule has 88 valence electrons. The van der Waals surface area contributed by atoms with Crippen molar-refractivity contribution in [2.24, 2.45) is 0 Å². The number of aromatic nitrogens is 2. The van der Waals surface area contributed by atoms with Crippen LogP contribution in [0, 0.1) is 0 Å². The molecule has 0 aliphatic rings. The molecule has 0 aliphatic heterocycles. The molecule has 3 rings (SSSR count). The van der Waals surface area contributed by atoms with Gasteiger partial charge < -0.3 is 4.42 Å². The number of hydrogen-bond donors (Lipinski definition) is 1. The summed E-state index contributed by atoms with van der Waals surface area (Å²) in [4.78, 5) is 29.0. The quantitative estimate of drug-likeness (QED) is 0.700. The van der Waals surface area contributed by atoms with Crippen molar-refractivity contribution in [3.63, 3.8) is 0 Å². The predicted molar refractivity (Wildman–Crippen MR) is 66.3 cm³/mol. The van der Waals surface area contributed by atoms with Crippen molar-refractivity contribution < 1.29 is 4.42 Å². The van der Waals surface area contributed by atoms with Crippen LogP contribution >= 0.6 is 0 Å². The molecule has 0 atom stereocenters. The van der Waals surface area contributed by atoms with E-state index in [0.717, 1.165) is 11.1 Å². The van der Waals surface area contributed by atoms with Crippen molar-refractivity contribution in [3.8, 4) is 11.1 Å². The minimum atomic E-state index is -0.751. The van der Waals surface area contributed by atoms with Gasteiger partial charge >= 0.3 is 11.4 Å². The second-order valence-corrected chi connectivity index (χ2v) is 3.80. The Morgan fingerprint density at radius 3 is 2.56 bits per heavy atom. The van der Waals surface area contributed by atoms with Crippen LogP contribution in [0.5, 0.6) is 0 Å². The van der Waals surface area contributed by atoms with E-state index < -0.39 is 11.4 Å². The van der Waals surface area contributed by atoms with Crippen LogP contribution in [0.1, 0.15) is 0 Å². The molecule has 1 aromatic carbocycles. The molecule has 0 aliphatic carbocycles. The van der Waals surface area contributed by atoms with Crippen LogP contribution in [0.4, 0.5) is 0 Å². The van der Waals surface area contributed by atoms with Gasteiger partial charge in [0.1, 0.15) is 0 Å². The zero-order valence-corrected chi connectivity index (χ0v) is 9.21. The van der Waals surface area contributed by atoms with Gasteiger partial charge in [-0.05, 0) is 35.4 Å². The van der Waals surface area contributed by atoms with Crippen molar-refractivity contribution in [1.29, 1.82) is 0 Å². The van der Waals surface area contributed by atoms with E-state index in [1.165, 1.54) is 0 Å². The Hall–Kier alpha value is -2.69. The molecule has 0 spiro atoms. The van der Waals surface area contributed by atoms with E-state index in [0.29, 0.717) is 10.9 Å². The topological polar surface area (TPSA) is 76.0 Å². The van der Waals surface area contributed by atoms with Crippen LogP contribution in [0.3, 0.4) is 0 Å². The number of fused-ring (bicyclic) bond motifs is 1. The molecule has 2 aromatic heterocycles. The molecule has 0 bridgehead atoms. The first-order chi connectivity index (χ1) is 8.74. The normalized spacial score (nSPS) is 10.7. The van der Waals surface area contributed by atoms with E-state index in [1.54, 1.807) is 30.6 Å². The number of H-pyrrole nitrogens is 1. The lowest BCUT2D eigenvalue weighted by molar-refractivity contribution is 0.460. The molecule has 3 aromatic rings. The Kier molecular flexibility index (Phi) is 2.30. The number of hydrogen-bond acceptors (Lipinski definition) is 4. The van der Waals surface area contributed by atoms with Crippen molar-refractivity contribution in [2.75, 3.05) is 0 Å². The van der Waals surface area contributed by atoms with Gasteiger partial charge in [-0.2, -0.15) is 0 Å². The lowest BCUT2D eigenvalue weighted by atomic mass is 10.1. The van der Waals surface area contributed by atoms with E-state index in [1.807, 2.05) is 12.1 Å². The van der Waals surface area contributed by atoms with E-state index in [9.17, 15) is 9.59 Å². The molecular formula is C13H8N2O3. The molecule has 0 saturated heterocycles. The summed E-state index contributed by atoms with van der Waals surface area (Å²) in [5.41, 5.74) is 1.69. The molecule has 0 amide bonds. The van der Waals surface area contributed by atoms with Crippen molar-refractivity contribution >= 4 is 10.9 Å². The highest BCUT2D eigenvalue weighted by Gasteiger charge is 2.04. The van der Waals surface area contributed by atoms with E-state index in [4.69, 9.17) is 0 Å². The Bertz CT molecular complexity index is 819. The van der Waals surface area contributed by atoms with Gasteiger partial charge in [-0.1, -0.05) is 6.07 Å². The SMILES string of the molecule is O=c1[nH]c2cc(-c3ccncc3)ccc2c(=O)o1. The maximum Gasteiger partial charge on any atom is 0.419 e.